The molecule has 0 aromatic heterocycles. The molecule has 0 aliphatic carbocycles. The van der Waals surface area contributed by atoms with Crippen molar-refractivity contribution in [3.63, 3.8) is 0 Å². The molecule has 29 heavy (non-hydrogen) atoms. The molecule has 1 aliphatic rings. The quantitative estimate of drug-likeness (QED) is 0.757. The minimum atomic E-state index is -0.935. The Morgan fingerprint density at radius 3 is 2.31 bits per heavy atom. The van der Waals surface area contributed by atoms with Crippen molar-refractivity contribution in [1.82, 2.24) is 0 Å². The van der Waals surface area contributed by atoms with Crippen LogP contribution in [-0.2, 0) is 4.74 Å². The van der Waals surface area contributed by atoms with Crippen molar-refractivity contribution in [2.75, 3.05) is 49.7 Å². The van der Waals surface area contributed by atoms with Gasteiger partial charge in [0, 0.05) is 25.2 Å². The van der Waals surface area contributed by atoms with Crippen molar-refractivity contribution in [2.24, 2.45) is 0 Å². The van der Waals surface area contributed by atoms with Crippen LogP contribution in [0.1, 0.15) is 24.2 Å². The van der Waals surface area contributed by atoms with Gasteiger partial charge in [0.15, 0.2) is 0 Å². The summed E-state index contributed by atoms with van der Waals surface area (Å²) in [6.45, 7) is 7.02. The number of ether oxygens (including phenoxy) is 3. The average molecular weight is 406 g/mol. The molecule has 3 rings (SSSR count). The van der Waals surface area contributed by atoms with Crippen LogP contribution in [0.2, 0.25) is 0 Å². The van der Waals surface area contributed by atoms with E-state index in [0.717, 1.165) is 17.8 Å². The SMILES string of the molecule is CCOc1cc(N2CCOCC2)c(OCC)cc1NC(=O)c1c(F)cccc1F. The molecule has 0 atom stereocenters. The van der Waals surface area contributed by atoms with E-state index in [1.54, 1.807) is 12.1 Å². The van der Waals surface area contributed by atoms with Crippen molar-refractivity contribution in [2.45, 2.75) is 13.8 Å². The summed E-state index contributed by atoms with van der Waals surface area (Å²) in [5.41, 5.74) is 0.443. The Hall–Kier alpha value is -2.87. The van der Waals surface area contributed by atoms with Crippen LogP contribution in [0.4, 0.5) is 20.2 Å². The molecule has 0 spiro atoms. The summed E-state index contributed by atoms with van der Waals surface area (Å²) in [5, 5.41) is 2.56. The van der Waals surface area contributed by atoms with Gasteiger partial charge in [0.05, 0.1) is 37.8 Å². The molecule has 1 fully saturated rings. The second-order valence-corrected chi connectivity index (χ2v) is 6.33. The predicted molar refractivity (Wildman–Crippen MR) is 106 cm³/mol. The molecule has 156 valence electrons. The Balaban J connectivity index is 1.98. The van der Waals surface area contributed by atoms with Crippen LogP contribution in [-0.4, -0.2) is 45.4 Å². The lowest BCUT2D eigenvalue weighted by Crippen LogP contribution is -2.36. The highest BCUT2D eigenvalue weighted by Crippen LogP contribution is 2.39. The van der Waals surface area contributed by atoms with Gasteiger partial charge in [-0.15, -0.1) is 0 Å². The van der Waals surface area contributed by atoms with Crippen LogP contribution in [0.5, 0.6) is 11.5 Å². The second kappa shape index (κ2) is 9.56. The van der Waals surface area contributed by atoms with E-state index in [2.05, 4.69) is 10.2 Å². The van der Waals surface area contributed by atoms with Crippen LogP contribution < -0.4 is 19.7 Å². The van der Waals surface area contributed by atoms with Crippen LogP contribution in [0, 0.1) is 11.6 Å². The van der Waals surface area contributed by atoms with Gasteiger partial charge in [-0.3, -0.25) is 4.79 Å². The molecule has 0 bridgehead atoms. The van der Waals surface area contributed by atoms with E-state index < -0.39 is 23.1 Å². The minimum Gasteiger partial charge on any atom is -0.492 e. The molecule has 2 aromatic rings. The fourth-order valence-corrected chi connectivity index (χ4v) is 3.14. The van der Waals surface area contributed by atoms with Gasteiger partial charge in [0.25, 0.3) is 5.91 Å². The van der Waals surface area contributed by atoms with Crippen molar-refractivity contribution < 1.29 is 27.8 Å². The molecule has 0 radical (unpaired) electrons. The van der Waals surface area contributed by atoms with Gasteiger partial charge in [0.1, 0.15) is 28.7 Å². The summed E-state index contributed by atoms with van der Waals surface area (Å²) in [7, 11) is 0. The maximum Gasteiger partial charge on any atom is 0.261 e. The molecule has 1 heterocycles. The highest BCUT2D eigenvalue weighted by atomic mass is 19.1. The fourth-order valence-electron chi connectivity index (χ4n) is 3.14. The van der Waals surface area contributed by atoms with E-state index in [-0.39, 0.29) is 5.69 Å². The lowest BCUT2D eigenvalue weighted by atomic mass is 10.1. The first-order chi connectivity index (χ1) is 14.0. The summed E-state index contributed by atoms with van der Waals surface area (Å²) in [6, 6.07) is 6.67. The van der Waals surface area contributed by atoms with Gasteiger partial charge < -0.3 is 24.4 Å². The maximum absolute atomic E-state index is 14.0. The van der Waals surface area contributed by atoms with Crippen molar-refractivity contribution in [3.8, 4) is 11.5 Å². The zero-order chi connectivity index (χ0) is 20.8. The molecule has 8 heteroatoms. The molecule has 0 saturated carbocycles. The van der Waals surface area contributed by atoms with Crippen LogP contribution in [0.3, 0.4) is 0 Å². The van der Waals surface area contributed by atoms with Gasteiger partial charge in [0.2, 0.25) is 0 Å². The third kappa shape index (κ3) is 4.76. The Morgan fingerprint density at radius 2 is 1.69 bits per heavy atom. The van der Waals surface area contributed by atoms with Crippen LogP contribution >= 0.6 is 0 Å². The summed E-state index contributed by atoms with van der Waals surface area (Å²) >= 11 is 0. The maximum atomic E-state index is 14.0. The van der Waals surface area contributed by atoms with Gasteiger partial charge in [-0.1, -0.05) is 6.07 Å². The van der Waals surface area contributed by atoms with E-state index in [0.29, 0.717) is 51.0 Å². The molecule has 1 saturated heterocycles. The number of anilines is 2. The van der Waals surface area contributed by atoms with Gasteiger partial charge in [-0.05, 0) is 26.0 Å². The molecule has 1 N–H and O–H groups in total. The number of nitrogens with one attached hydrogen (secondary N) is 1. The number of nitrogens with zero attached hydrogens (tertiary/aromatic N) is 1. The zero-order valence-corrected chi connectivity index (χ0v) is 16.5. The number of halogens is 2. The van der Waals surface area contributed by atoms with E-state index in [4.69, 9.17) is 14.2 Å². The Morgan fingerprint density at radius 1 is 1.07 bits per heavy atom. The summed E-state index contributed by atoms with van der Waals surface area (Å²) in [5.74, 6) is -1.83. The van der Waals surface area contributed by atoms with E-state index >= 15 is 0 Å². The predicted octanol–water partition coefficient (Wildman–Crippen LogP) is 3.85. The number of carbonyl (C=O) groups excluding carboxylic acids is 1. The van der Waals surface area contributed by atoms with Crippen molar-refractivity contribution in [1.29, 1.82) is 0 Å². The molecule has 1 amide bonds. The molecule has 2 aromatic carbocycles. The molecule has 1 aliphatic heterocycles. The fraction of sp³-hybridized carbons (Fsp3) is 0.381. The number of morpholine rings is 1. The number of carbonyl (C=O) groups is 1. The third-order valence-corrected chi connectivity index (χ3v) is 4.45. The zero-order valence-electron chi connectivity index (χ0n) is 16.5. The van der Waals surface area contributed by atoms with E-state index in [1.165, 1.54) is 6.07 Å². The van der Waals surface area contributed by atoms with Crippen molar-refractivity contribution >= 4 is 17.3 Å². The van der Waals surface area contributed by atoms with Crippen molar-refractivity contribution in [3.05, 3.63) is 47.5 Å². The monoisotopic (exact) mass is 406 g/mol. The minimum absolute atomic E-state index is 0.278. The molecule has 6 nitrogen and oxygen atoms in total. The number of hydrogen-bond donors (Lipinski definition) is 1. The lowest BCUT2D eigenvalue weighted by molar-refractivity contribution is 0.101. The van der Waals surface area contributed by atoms with Crippen LogP contribution in [0.25, 0.3) is 0 Å². The third-order valence-electron chi connectivity index (χ3n) is 4.45. The topological polar surface area (TPSA) is 60.0 Å². The smallest absolute Gasteiger partial charge is 0.261 e. The average Bonchev–Trinajstić information content (AvgIpc) is 2.70. The van der Waals surface area contributed by atoms with Gasteiger partial charge in [-0.25, -0.2) is 8.78 Å². The Labute approximate surface area is 168 Å². The first-order valence-electron chi connectivity index (χ1n) is 9.56. The van der Waals surface area contributed by atoms with Gasteiger partial charge >= 0.3 is 0 Å². The number of amides is 1. The van der Waals surface area contributed by atoms with E-state index in [9.17, 15) is 13.6 Å². The highest BCUT2D eigenvalue weighted by molar-refractivity contribution is 6.05. The summed E-state index contributed by atoms with van der Waals surface area (Å²) < 4.78 is 44.8. The normalized spacial score (nSPS) is 13.9. The van der Waals surface area contributed by atoms with Gasteiger partial charge in [-0.2, -0.15) is 0 Å². The molecular formula is C21H24F2N2O4. The largest absolute Gasteiger partial charge is 0.492 e. The van der Waals surface area contributed by atoms with E-state index in [1.807, 2.05) is 13.8 Å². The highest BCUT2D eigenvalue weighted by Gasteiger charge is 2.22. The van der Waals surface area contributed by atoms with Crippen LogP contribution in [0.15, 0.2) is 30.3 Å². The summed E-state index contributed by atoms with van der Waals surface area (Å²) in [4.78, 5) is 14.7. The second-order valence-electron chi connectivity index (χ2n) is 6.33. The Bertz CT molecular complexity index is 850. The molecular weight excluding hydrogens is 382 g/mol. The molecule has 0 unspecified atom stereocenters. The first kappa shape index (κ1) is 20.9. The first-order valence-corrected chi connectivity index (χ1v) is 9.56. The number of benzene rings is 2. The number of rotatable bonds is 7. The standard InChI is InChI=1S/C21H24F2N2O4/c1-3-28-18-13-17(25-8-10-27-11-9-25)19(29-4-2)12-16(18)24-21(26)20-14(22)6-5-7-15(20)23/h5-7,12-13H,3-4,8-11H2,1-2H3,(H,24,26). The summed E-state index contributed by atoms with van der Waals surface area (Å²) in [6.07, 6.45) is 0. The lowest BCUT2D eigenvalue weighted by Gasteiger charge is -2.31. The number of hydrogen-bond acceptors (Lipinski definition) is 5. The Kier molecular flexibility index (Phi) is 6.87.